The predicted octanol–water partition coefficient (Wildman–Crippen LogP) is 0.959. The van der Waals surface area contributed by atoms with Crippen molar-refractivity contribution >= 4 is 5.97 Å². The maximum Gasteiger partial charge on any atom is 0.354 e. The first-order valence-electron chi connectivity index (χ1n) is 2.72. The van der Waals surface area contributed by atoms with Crippen molar-refractivity contribution in [3.05, 3.63) is 36.5 Å². The quantitative estimate of drug-likeness (QED) is 0.724. The summed E-state index contributed by atoms with van der Waals surface area (Å²) in [7, 11) is 0. The number of carbonyl (C=O) groups is 1. The van der Waals surface area contributed by atoms with E-state index in [2.05, 4.69) is 11.9 Å². The van der Waals surface area contributed by atoms with Crippen LogP contribution in [0.5, 0.6) is 0 Å². The Kier molecular flexibility index (Phi) is 4.30. The number of hydrogen-bond donors (Lipinski definition) is 1. The van der Waals surface area contributed by atoms with Crippen LogP contribution in [0.3, 0.4) is 0 Å². The van der Waals surface area contributed by atoms with Crippen molar-refractivity contribution in [3.63, 3.8) is 0 Å². The van der Waals surface area contributed by atoms with Gasteiger partial charge in [0.15, 0.2) is 0 Å². The molecule has 1 aromatic rings. The number of aromatic nitrogens is 1. The molecule has 11 heavy (non-hydrogen) atoms. The molecule has 55 valence electrons. The molecule has 0 atom stereocenters. The Morgan fingerprint density at radius 1 is 1.55 bits per heavy atom. The molecule has 0 aromatic carbocycles. The molecular formula is C7H6NO2Y-. The third-order valence-electron chi connectivity index (χ3n) is 1.03. The summed E-state index contributed by atoms with van der Waals surface area (Å²) in [5.74, 6) is -1.02. The number of hydrogen-bond acceptors (Lipinski definition) is 2. The van der Waals surface area contributed by atoms with E-state index in [4.69, 9.17) is 5.11 Å². The van der Waals surface area contributed by atoms with Crippen LogP contribution in [0, 0.1) is 6.92 Å². The molecule has 0 aliphatic carbocycles. The molecule has 4 heteroatoms. The van der Waals surface area contributed by atoms with Gasteiger partial charge in [0.05, 0.1) is 0 Å². The largest absolute Gasteiger partial charge is 0.477 e. The molecule has 1 radical (unpaired) electrons. The van der Waals surface area contributed by atoms with E-state index in [-0.39, 0.29) is 38.4 Å². The zero-order valence-corrected chi connectivity index (χ0v) is 8.66. The maximum atomic E-state index is 10.3. The average Bonchev–Trinajstić information content (AvgIpc) is 1.88. The SMILES string of the molecule is [CH2-]c1cccc(C(=O)O)n1.[Y]. The van der Waals surface area contributed by atoms with Crippen LogP contribution in [0.15, 0.2) is 18.2 Å². The van der Waals surface area contributed by atoms with E-state index in [1.807, 2.05) is 0 Å². The maximum absolute atomic E-state index is 10.3. The summed E-state index contributed by atoms with van der Waals surface area (Å²) >= 11 is 0. The molecule has 0 saturated heterocycles. The number of carboxylic acid groups (broad SMARTS) is 1. The Morgan fingerprint density at radius 3 is 2.55 bits per heavy atom. The number of pyridine rings is 1. The second kappa shape index (κ2) is 4.47. The summed E-state index contributed by atoms with van der Waals surface area (Å²) in [6, 6.07) is 4.68. The number of nitrogens with zero attached hydrogens (tertiary/aromatic N) is 1. The molecule has 0 spiro atoms. The summed E-state index contributed by atoms with van der Waals surface area (Å²) in [5, 5.41) is 8.42. The standard InChI is InChI=1S/C7H6NO2.Y/c1-5-3-2-4-6(8-5)7(9)10;/h2-4H,1H2,(H,9,10);/q-1;. The van der Waals surface area contributed by atoms with Gasteiger partial charge in [0.25, 0.3) is 0 Å². The van der Waals surface area contributed by atoms with Gasteiger partial charge in [-0.1, -0.05) is 0 Å². The van der Waals surface area contributed by atoms with Crippen LogP contribution < -0.4 is 0 Å². The van der Waals surface area contributed by atoms with Crippen molar-refractivity contribution in [3.8, 4) is 0 Å². The zero-order valence-electron chi connectivity index (χ0n) is 5.82. The van der Waals surface area contributed by atoms with Gasteiger partial charge in [-0.25, -0.2) is 11.7 Å². The van der Waals surface area contributed by atoms with Crippen LogP contribution in [-0.4, -0.2) is 16.1 Å². The Labute approximate surface area is 89.7 Å². The molecule has 1 heterocycles. The minimum absolute atomic E-state index is 0. The molecule has 1 N–H and O–H groups in total. The van der Waals surface area contributed by atoms with Crippen molar-refractivity contribution in [1.29, 1.82) is 0 Å². The van der Waals surface area contributed by atoms with Gasteiger partial charge in [0.1, 0.15) is 5.69 Å². The summed E-state index contributed by atoms with van der Waals surface area (Å²) in [5.41, 5.74) is 0.507. The van der Waals surface area contributed by atoms with Gasteiger partial charge in [-0.05, 0) is 6.07 Å². The van der Waals surface area contributed by atoms with E-state index in [0.717, 1.165) is 0 Å². The van der Waals surface area contributed by atoms with Crippen LogP contribution in [0.1, 0.15) is 16.2 Å². The van der Waals surface area contributed by atoms with Crippen LogP contribution in [0.2, 0.25) is 0 Å². The first-order valence-corrected chi connectivity index (χ1v) is 2.72. The first-order chi connectivity index (χ1) is 4.70. The van der Waals surface area contributed by atoms with Gasteiger partial charge in [-0.15, -0.1) is 11.8 Å². The molecule has 0 aliphatic heterocycles. The summed E-state index contributed by atoms with van der Waals surface area (Å²) in [4.78, 5) is 13.9. The summed E-state index contributed by atoms with van der Waals surface area (Å²) in [6.45, 7) is 3.49. The van der Waals surface area contributed by atoms with Crippen LogP contribution >= 0.6 is 0 Å². The molecule has 3 nitrogen and oxygen atoms in total. The third-order valence-corrected chi connectivity index (χ3v) is 1.03. The molecule has 0 unspecified atom stereocenters. The van der Waals surface area contributed by atoms with Gasteiger partial charge in [0.2, 0.25) is 0 Å². The van der Waals surface area contributed by atoms with E-state index >= 15 is 0 Å². The second-order valence-corrected chi connectivity index (χ2v) is 1.82. The number of carboxylic acids is 1. The number of rotatable bonds is 1. The molecule has 1 rings (SSSR count). The molecule has 0 aliphatic rings. The van der Waals surface area contributed by atoms with E-state index in [1.165, 1.54) is 6.07 Å². The minimum Gasteiger partial charge on any atom is -0.477 e. The number of aromatic carboxylic acids is 1. The molecule has 0 amide bonds. The zero-order chi connectivity index (χ0) is 7.56. The molecule has 0 bridgehead atoms. The van der Waals surface area contributed by atoms with Crippen molar-refractivity contribution in [2.45, 2.75) is 0 Å². The molecular weight excluding hydrogens is 219 g/mol. The Bertz CT molecular complexity index is 262. The average molecular weight is 225 g/mol. The second-order valence-electron chi connectivity index (χ2n) is 1.82. The van der Waals surface area contributed by atoms with Crippen LogP contribution in [0.4, 0.5) is 0 Å². The normalized spacial score (nSPS) is 8.36. The van der Waals surface area contributed by atoms with Crippen LogP contribution in [-0.2, 0) is 32.7 Å². The predicted molar refractivity (Wildman–Crippen MR) is 35.7 cm³/mol. The Morgan fingerprint density at radius 2 is 2.18 bits per heavy atom. The third kappa shape index (κ3) is 2.99. The fourth-order valence-corrected chi connectivity index (χ4v) is 0.599. The van der Waals surface area contributed by atoms with Gasteiger partial charge in [-0.2, -0.15) is 6.07 Å². The van der Waals surface area contributed by atoms with E-state index in [1.54, 1.807) is 12.1 Å². The van der Waals surface area contributed by atoms with Gasteiger partial charge in [0, 0.05) is 32.7 Å². The molecule has 0 fully saturated rings. The fraction of sp³-hybridized carbons (Fsp3) is 0. The van der Waals surface area contributed by atoms with Crippen molar-refractivity contribution < 1.29 is 42.6 Å². The Hall–Kier alpha value is -0.406. The molecule has 1 aromatic heterocycles. The minimum atomic E-state index is -1.02. The van der Waals surface area contributed by atoms with Crippen molar-refractivity contribution in [1.82, 2.24) is 4.98 Å². The van der Waals surface area contributed by atoms with Gasteiger partial charge >= 0.3 is 5.97 Å². The fourth-order valence-electron chi connectivity index (χ4n) is 0.599. The van der Waals surface area contributed by atoms with E-state index in [9.17, 15) is 4.79 Å². The Balaban J connectivity index is 0.000001000. The molecule has 0 saturated carbocycles. The van der Waals surface area contributed by atoms with Gasteiger partial charge < -0.3 is 5.11 Å². The first kappa shape index (κ1) is 10.6. The topological polar surface area (TPSA) is 50.2 Å². The van der Waals surface area contributed by atoms with Crippen LogP contribution in [0.25, 0.3) is 0 Å². The van der Waals surface area contributed by atoms with Crippen molar-refractivity contribution in [2.75, 3.05) is 0 Å². The van der Waals surface area contributed by atoms with Crippen molar-refractivity contribution in [2.24, 2.45) is 0 Å². The van der Waals surface area contributed by atoms with Gasteiger partial charge in [-0.3, -0.25) is 4.98 Å². The summed E-state index contributed by atoms with van der Waals surface area (Å²) in [6.07, 6.45) is 0. The monoisotopic (exact) mass is 225 g/mol. The summed E-state index contributed by atoms with van der Waals surface area (Å²) < 4.78 is 0. The smallest absolute Gasteiger partial charge is 0.354 e. The van der Waals surface area contributed by atoms with E-state index < -0.39 is 5.97 Å². The van der Waals surface area contributed by atoms with E-state index in [0.29, 0.717) is 5.69 Å².